The van der Waals surface area contributed by atoms with Gasteiger partial charge < -0.3 is 4.90 Å². The first-order valence-electron chi connectivity index (χ1n) is 6.70. The molecule has 0 aliphatic rings. The lowest BCUT2D eigenvalue weighted by atomic mass is 10.2. The number of carbonyl (C=O) groups is 1. The van der Waals surface area contributed by atoms with Gasteiger partial charge in [-0.2, -0.15) is 0 Å². The first-order chi connectivity index (χ1) is 9.85. The Morgan fingerprint density at radius 3 is 2.57 bits per heavy atom. The monoisotopic (exact) mass is 357 g/mol. The third-order valence-corrected chi connectivity index (χ3v) is 3.68. The summed E-state index contributed by atoms with van der Waals surface area (Å²) in [5, 5.41) is 11.0. The van der Waals surface area contributed by atoms with Crippen LogP contribution in [0.25, 0.3) is 0 Å². The van der Waals surface area contributed by atoms with Gasteiger partial charge in [0.2, 0.25) is 5.91 Å². The molecule has 0 spiro atoms. The van der Waals surface area contributed by atoms with Crippen LogP contribution in [-0.2, 0) is 11.3 Å². The van der Waals surface area contributed by atoms with Crippen molar-refractivity contribution in [3.8, 4) is 0 Å². The standard InChI is InChI=1S/C14H20BrN3O3/c1-4-7-17(10-14(19)16(2)3)9-11-5-6-12(15)13(8-11)18(20)21/h5-6,8H,4,7,9-10H2,1-3H3. The fraction of sp³-hybridized carbons (Fsp3) is 0.500. The average Bonchev–Trinajstić information content (AvgIpc) is 2.40. The quantitative estimate of drug-likeness (QED) is 0.555. The zero-order valence-electron chi connectivity index (χ0n) is 12.5. The molecule has 1 aromatic rings. The van der Waals surface area contributed by atoms with Crippen LogP contribution < -0.4 is 0 Å². The van der Waals surface area contributed by atoms with Crippen LogP contribution in [0.2, 0.25) is 0 Å². The van der Waals surface area contributed by atoms with Gasteiger partial charge in [-0.25, -0.2) is 0 Å². The number of hydrogen-bond donors (Lipinski definition) is 0. The highest BCUT2D eigenvalue weighted by Crippen LogP contribution is 2.26. The van der Waals surface area contributed by atoms with Crippen molar-refractivity contribution >= 4 is 27.5 Å². The van der Waals surface area contributed by atoms with E-state index in [1.807, 2.05) is 17.9 Å². The van der Waals surface area contributed by atoms with Crippen molar-refractivity contribution in [3.05, 3.63) is 38.3 Å². The highest BCUT2D eigenvalue weighted by molar-refractivity contribution is 9.10. The van der Waals surface area contributed by atoms with Gasteiger partial charge >= 0.3 is 0 Å². The van der Waals surface area contributed by atoms with Crippen LogP contribution in [-0.4, -0.2) is 47.8 Å². The second kappa shape index (κ2) is 8.09. The molecule has 21 heavy (non-hydrogen) atoms. The predicted molar refractivity (Wildman–Crippen MR) is 85.1 cm³/mol. The van der Waals surface area contributed by atoms with Crippen LogP contribution in [0.5, 0.6) is 0 Å². The highest BCUT2D eigenvalue weighted by atomic mass is 79.9. The Bertz CT molecular complexity index is 520. The van der Waals surface area contributed by atoms with Gasteiger partial charge in [0.15, 0.2) is 0 Å². The van der Waals surface area contributed by atoms with Gasteiger partial charge in [-0.05, 0) is 40.5 Å². The van der Waals surface area contributed by atoms with Gasteiger partial charge in [-0.3, -0.25) is 19.8 Å². The largest absolute Gasteiger partial charge is 0.348 e. The third-order valence-electron chi connectivity index (χ3n) is 3.01. The Labute approximate surface area is 133 Å². The number of nitro groups is 1. The van der Waals surface area contributed by atoms with Crippen molar-refractivity contribution in [3.63, 3.8) is 0 Å². The highest BCUT2D eigenvalue weighted by Gasteiger charge is 2.16. The maximum Gasteiger partial charge on any atom is 0.283 e. The molecule has 0 fully saturated rings. The summed E-state index contributed by atoms with van der Waals surface area (Å²) in [4.78, 5) is 25.9. The average molecular weight is 358 g/mol. The summed E-state index contributed by atoms with van der Waals surface area (Å²) >= 11 is 3.17. The summed E-state index contributed by atoms with van der Waals surface area (Å²) < 4.78 is 0.461. The van der Waals surface area contributed by atoms with Gasteiger partial charge in [-0.1, -0.05) is 13.0 Å². The predicted octanol–water partition coefficient (Wildman–Crippen LogP) is 2.66. The summed E-state index contributed by atoms with van der Waals surface area (Å²) in [5.74, 6) is 0.0232. The molecule has 116 valence electrons. The number of halogens is 1. The second-order valence-electron chi connectivity index (χ2n) is 5.04. The molecule has 6 nitrogen and oxygen atoms in total. The molecule has 0 bridgehead atoms. The van der Waals surface area contributed by atoms with E-state index in [0.717, 1.165) is 18.5 Å². The van der Waals surface area contributed by atoms with Crippen molar-refractivity contribution in [2.45, 2.75) is 19.9 Å². The Hall–Kier alpha value is -1.47. The molecular weight excluding hydrogens is 338 g/mol. The molecule has 0 atom stereocenters. The van der Waals surface area contributed by atoms with Crippen LogP contribution in [0, 0.1) is 10.1 Å². The summed E-state index contributed by atoms with van der Waals surface area (Å²) in [6, 6.07) is 5.05. The van der Waals surface area contributed by atoms with Gasteiger partial charge in [0.25, 0.3) is 5.69 Å². The lowest BCUT2D eigenvalue weighted by molar-refractivity contribution is -0.385. The third kappa shape index (κ3) is 5.43. The van der Waals surface area contributed by atoms with Crippen LogP contribution in [0.3, 0.4) is 0 Å². The molecule has 0 unspecified atom stereocenters. The van der Waals surface area contributed by atoms with Crippen molar-refractivity contribution < 1.29 is 9.72 Å². The Balaban J connectivity index is 2.86. The van der Waals surface area contributed by atoms with Crippen molar-refractivity contribution in [1.82, 2.24) is 9.80 Å². The topological polar surface area (TPSA) is 66.7 Å². The first-order valence-corrected chi connectivity index (χ1v) is 7.49. The van der Waals surface area contributed by atoms with Crippen LogP contribution in [0.1, 0.15) is 18.9 Å². The normalized spacial score (nSPS) is 10.7. The van der Waals surface area contributed by atoms with Gasteiger partial charge in [0, 0.05) is 26.7 Å². The van der Waals surface area contributed by atoms with Crippen LogP contribution in [0.15, 0.2) is 22.7 Å². The minimum Gasteiger partial charge on any atom is -0.348 e. The molecule has 0 saturated carbocycles. The van der Waals surface area contributed by atoms with Gasteiger partial charge in [0.1, 0.15) is 0 Å². The Morgan fingerprint density at radius 2 is 2.05 bits per heavy atom. The summed E-state index contributed by atoms with van der Waals surface area (Å²) in [6.07, 6.45) is 0.916. The lowest BCUT2D eigenvalue weighted by Gasteiger charge is -2.23. The van der Waals surface area contributed by atoms with Crippen molar-refractivity contribution in [1.29, 1.82) is 0 Å². The minimum absolute atomic E-state index is 0.0232. The van der Waals surface area contributed by atoms with E-state index in [1.54, 1.807) is 31.1 Å². The fourth-order valence-electron chi connectivity index (χ4n) is 1.92. The summed E-state index contributed by atoms with van der Waals surface area (Å²) in [6.45, 7) is 3.63. The Kier molecular flexibility index (Phi) is 6.77. The molecule has 1 rings (SSSR count). The van der Waals surface area contributed by atoms with Crippen molar-refractivity contribution in [2.24, 2.45) is 0 Å². The number of carbonyl (C=O) groups excluding carboxylic acids is 1. The molecule has 0 aromatic heterocycles. The zero-order valence-corrected chi connectivity index (χ0v) is 14.1. The number of rotatable bonds is 7. The van der Waals surface area contributed by atoms with E-state index in [4.69, 9.17) is 0 Å². The van der Waals surface area contributed by atoms with Gasteiger partial charge in [0.05, 0.1) is 15.9 Å². The first kappa shape index (κ1) is 17.6. The number of amides is 1. The zero-order chi connectivity index (χ0) is 16.0. The molecule has 0 radical (unpaired) electrons. The number of hydrogen-bond acceptors (Lipinski definition) is 4. The molecule has 1 amide bonds. The fourth-order valence-corrected chi connectivity index (χ4v) is 2.31. The van der Waals surface area contributed by atoms with E-state index in [-0.39, 0.29) is 11.6 Å². The smallest absolute Gasteiger partial charge is 0.283 e. The molecule has 0 aliphatic carbocycles. The summed E-state index contributed by atoms with van der Waals surface area (Å²) in [7, 11) is 3.44. The number of benzene rings is 1. The molecule has 0 saturated heterocycles. The van der Waals surface area contributed by atoms with E-state index in [1.165, 1.54) is 0 Å². The molecule has 7 heteroatoms. The van der Waals surface area contributed by atoms with E-state index >= 15 is 0 Å². The molecule has 0 aliphatic heterocycles. The van der Waals surface area contributed by atoms with Crippen molar-refractivity contribution in [2.75, 3.05) is 27.2 Å². The number of nitro benzene ring substituents is 1. The summed E-state index contributed by atoms with van der Waals surface area (Å²) in [5.41, 5.74) is 0.868. The number of likely N-dealkylation sites (N-methyl/N-ethyl adjacent to an activating group) is 1. The molecule has 0 N–H and O–H groups in total. The van der Waals surface area contributed by atoms with Gasteiger partial charge in [-0.15, -0.1) is 0 Å². The maximum absolute atomic E-state index is 11.8. The van der Waals surface area contributed by atoms with E-state index in [0.29, 0.717) is 17.6 Å². The maximum atomic E-state index is 11.8. The van der Waals surface area contributed by atoms with Crippen LogP contribution in [0.4, 0.5) is 5.69 Å². The SMILES string of the molecule is CCCN(CC(=O)N(C)C)Cc1ccc(Br)c([N+](=O)[O-])c1. The molecule has 0 heterocycles. The molecule has 1 aromatic carbocycles. The van der Waals surface area contributed by atoms with E-state index in [2.05, 4.69) is 15.9 Å². The Morgan fingerprint density at radius 1 is 1.38 bits per heavy atom. The second-order valence-corrected chi connectivity index (χ2v) is 5.90. The van der Waals surface area contributed by atoms with E-state index < -0.39 is 4.92 Å². The lowest BCUT2D eigenvalue weighted by Crippen LogP contribution is -2.36. The number of nitrogens with zero attached hydrogens (tertiary/aromatic N) is 3. The molecular formula is C14H20BrN3O3. The van der Waals surface area contributed by atoms with E-state index in [9.17, 15) is 14.9 Å². The van der Waals surface area contributed by atoms with Crippen LogP contribution >= 0.6 is 15.9 Å². The minimum atomic E-state index is -0.414.